The average Bonchev–Trinajstić information content (AvgIpc) is 2.79. The molecular formula is C27H30N2O4. The fourth-order valence-corrected chi connectivity index (χ4v) is 4.22. The van der Waals surface area contributed by atoms with Crippen molar-refractivity contribution in [2.24, 2.45) is 0 Å². The molecule has 0 saturated carbocycles. The monoisotopic (exact) mass is 446 g/mol. The number of ether oxygens (including phenoxy) is 1. The van der Waals surface area contributed by atoms with Gasteiger partial charge >= 0.3 is 6.09 Å². The number of hydrogen-bond donors (Lipinski definition) is 1. The van der Waals surface area contributed by atoms with E-state index in [0.29, 0.717) is 19.3 Å². The van der Waals surface area contributed by atoms with E-state index in [0.717, 1.165) is 29.9 Å². The molecule has 0 spiro atoms. The van der Waals surface area contributed by atoms with Gasteiger partial charge in [0.05, 0.1) is 0 Å². The minimum atomic E-state index is -0.451. The lowest BCUT2D eigenvalue weighted by Crippen LogP contribution is -2.46. The summed E-state index contributed by atoms with van der Waals surface area (Å²) in [5, 5.41) is 2.84. The molecule has 0 aromatic heterocycles. The number of benzene rings is 3. The maximum Gasteiger partial charge on any atom is 0.411 e. The molecule has 0 unspecified atom stereocenters. The normalized spacial score (nSPS) is 14.0. The second-order valence-corrected chi connectivity index (χ2v) is 8.44. The minimum Gasteiger partial charge on any atom is -0.444 e. The van der Waals surface area contributed by atoms with Crippen molar-refractivity contribution in [2.75, 3.05) is 25.1 Å². The van der Waals surface area contributed by atoms with E-state index >= 15 is 0 Å². The highest BCUT2D eigenvalue weighted by molar-refractivity contribution is 5.85. The first-order valence-corrected chi connectivity index (χ1v) is 11.2. The van der Waals surface area contributed by atoms with E-state index in [1.54, 1.807) is 0 Å². The Morgan fingerprint density at radius 3 is 2.06 bits per heavy atom. The SMILES string of the molecule is Cc1cc(NC(=O)OCc2ccccc2)cc(C)c1C1CN(COOCc2ccccc2)C1. The zero-order valence-electron chi connectivity index (χ0n) is 19.1. The van der Waals surface area contributed by atoms with Crippen molar-refractivity contribution in [1.82, 2.24) is 4.90 Å². The van der Waals surface area contributed by atoms with Crippen LogP contribution in [0.5, 0.6) is 0 Å². The predicted molar refractivity (Wildman–Crippen MR) is 128 cm³/mol. The first-order valence-electron chi connectivity index (χ1n) is 11.2. The Bertz CT molecular complexity index is 1030. The summed E-state index contributed by atoms with van der Waals surface area (Å²) in [4.78, 5) is 25.1. The average molecular weight is 447 g/mol. The van der Waals surface area contributed by atoms with Gasteiger partial charge in [-0.3, -0.25) is 10.2 Å². The van der Waals surface area contributed by atoms with Crippen molar-refractivity contribution >= 4 is 11.8 Å². The van der Waals surface area contributed by atoms with Gasteiger partial charge in [-0.25, -0.2) is 14.6 Å². The lowest BCUT2D eigenvalue weighted by molar-refractivity contribution is -0.328. The van der Waals surface area contributed by atoms with Crippen molar-refractivity contribution in [3.8, 4) is 0 Å². The molecule has 172 valence electrons. The number of anilines is 1. The van der Waals surface area contributed by atoms with Crippen molar-refractivity contribution < 1.29 is 19.3 Å². The Labute approximate surface area is 195 Å². The second-order valence-electron chi connectivity index (χ2n) is 8.44. The van der Waals surface area contributed by atoms with Crippen LogP contribution in [0.25, 0.3) is 0 Å². The standard InChI is InChI=1S/C27H30N2O4/c1-20-13-25(28-27(30)31-17-22-9-5-3-6-10-22)14-21(2)26(20)24-15-29(16-24)19-33-32-18-23-11-7-4-8-12-23/h3-14,24H,15-19H2,1-2H3,(H,28,30). The number of aryl methyl sites for hydroxylation is 2. The van der Waals surface area contributed by atoms with Crippen LogP contribution in [0, 0.1) is 13.8 Å². The van der Waals surface area contributed by atoms with Crippen molar-refractivity contribution in [2.45, 2.75) is 33.0 Å². The molecule has 0 bridgehead atoms. The number of rotatable bonds is 9. The van der Waals surface area contributed by atoms with Crippen molar-refractivity contribution in [1.29, 1.82) is 0 Å². The van der Waals surface area contributed by atoms with Gasteiger partial charge in [0.2, 0.25) is 0 Å². The molecule has 0 radical (unpaired) electrons. The van der Waals surface area contributed by atoms with E-state index in [4.69, 9.17) is 14.5 Å². The maximum atomic E-state index is 12.2. The number of nitrogens with one attached hydrogen (secondary N) is 1. The van der Waals surface area contributed by atoms with Gasteiger partial charge in [0.1, 0.15) is 19.9 Å². The van der Waals surface area contributed by atoms with Gasteiger partial charge in [0.15, 0.2) is 0 Å². The summed E-state index contributed by atoms with van der Waals surface area (Å²) >= 11 is 0. The Kier molecular flexibility index (Phi) is 7.73. The first-order chi connectivity index (χ1) is 16.1. The Hall–Kier alpha value is -3.19. The fraction of sp³-hybridized carbons (Fsp3) is 0.296. The van der Waals surface area contributed by atoms with Gasteiger partial charge in [-0.05, 0) is 53.8 Å². The summed E-state index contributed by atoms with van der Waals surface area (Å²) in [5.74, 6) is 0.446. The van der Waals surface area contributed by atoms with Gasteiger partial charge < -0.3 is 4.74 Å². The molecule has 3 aromatic carbocycles. The number of amides is 1. The lowest BCUT2D eigenvalue weighted by atomic mass is 9.85. The second kappa shape index (κ2) is 11.1. The van der Waals surface area contributed by atoms with Crippen molar-refractivity contribution in [3.63, 3.8) is 0 Å². The quantitative estimate of drug-likeness (QED) is 0.265. The third-order valence-electron chi connectivity index (χ3n) is 5.81. The summed E-state index contributed by atoms with van der Waals surface area (Å²) in [7, 11) is 0. The Morgan fingerprint density at radius 2 is 1.45 bits per heavy atom. The summed E-state index contributed by atoms with van der Waals surface area (Å²) in [6.45, 7) is 7.16. The Balaban J connectivity index is 1.22. The molecule has 4 rings (SSSR count). The van der Waals surface area contributed by atoms with Crippen LogP contribution in [0.2, 0.25) is 0 Å². The molecule has 3 aromatic rings. The topological polar surface area (TPSA) is 60.0 Å². The molecule has 6 heteroatoms. The lowest BCUT2D eigenvalue weighted by Gasteiger charge is -2.40. The summed E-state index contributed by atoms with van der Waals surface area (Å²) in [6, 6.07) is 23.6. The molecule has 1 N–H and O–H groups in total. The van der Waals surface area contributed by atoms with Crippen LogP contribution in [0.1, 0.15) is 33.7 Å². The van der Waals surface area contributed by atoms with Crippen LogP contribution in [0.3, 0.4) is 0 Å². The molecule has 1 heterocycles. The zero-order chi connectivity index (χ0) is 23.0. The van der Waals surface area contributed by atoms with Crippen LogP contribution in [-0.2, 0) is 27.7 Å². The minimum absolute atomic E-state index is 0.248. The van der Waals surface area contributed by atoms with Crippen LogP contribution in [-0.4, -0.2) is 30.8 Å². The van der Waals surface area contributed by atoms with Crippen LogP contribution in [0.15, 0.2) is 72.8 Å². The summed E-state index contributed by atoms with van der Waals surface area (Å²) < 4.78 is 5.33. The smallest absolute Gasteiger partial charge is 0.411 e. The van der Waals surface area contributed by atoms with Gasteiger partial charge in [-0.15, -0.1) is 0 Å². The highest BCUT2D eigenvalue weighted by atomic mass is 17.2. The van der Waals surface area contributed by atoms with Gasteiger partial charge in [-0.2, -0.15) is 0 Å². The third-order valence-corrected chi connectivity index (χ3v) is 5.81. The number of carbonyl (C=O) groups excluding carboxylic acids is 1. The molecule has 1 fully saturated rings. The largest absolute Gasteiger partial charge is 0.444 e. The van der Waals surface area contributed by atoms with E-state index in [1.807, 2.05) is 72.8 Å². The van der Waals surface area contributed by atoms with E-state index in [2.05, 4.69) is 24.1 Å². The molecule has 1 aliphatic heterocycles. The molecule has 6 nitrogen and oxygen atoms in total. The van der Waals surface area contributed by atoms with Crippen LogP contribution in [0.4, 0.5) is 10.5 Å². The molecule has 1 saturated heterocycles. The highest BCUT2D eigenvalue weighted by Gasteiger charge is 2.30. The van der Waals surface area contributed by atoms with Gasteiger partial charge in [-0.1, -0.05) is 60.7 Å². The van der Waals surface area contributed by atoms with Gasteiger partial charge in [0, 0.05) is 24.7 Å². The molecular weight excluding hydrogens is 416 g/mol. The summed E-state index contributed by atoms with van der Waals surface area (Å²) in [6.07, 6.45) is -0.451. The highest BCUT2D eigenvalue weighted by Crippen LogP contribution is 2.33. The molecule has 1 aliphatic rings. The van der Waals surface area contributed by atoms with Crippen LogP contribution < -0.4 is 5.32 Å². The Morgan fingerprint density at radius 1 is 0.879 bits per heavy atom. The van der Waals surface area contributed by atoms with E-state index < -0.39 is 6.09 Å². The maximum absolute atomic E-state index is 12.2. The van der Waals surface area contributed by atoms with Gasteiger partial charge in [0.25, 0.3) is 0 Å². The number of hydrogen-bond acceptors (Lipinski definition) is 5. The number of likely N-dealkylation sites (tertiary alicyclic amines) is 1. The molecule has 1 amide bonds. The summed E-state index contributed by atoms with van der Waals surface area (Å²) in [5.41, 5.74) is 6.46. The molecule has 0 atom stereocenters. The van der Waals surface area contributed by atoms with E-state index in [1.165, 1.54) is 16.7 Å². The number of nitrogens with zero attached hydrogens (tertiary/aromatic N) is 1. The predicted octanol–water partition coefficient (Wildman–Crippen LogP) is 5.56. The third kappa shape index (κ3) is 6.42. The van der Waals surface area contributed by atoms with Crippen LogP contribution >= 0.6 is 0 Å². The number of carbonyl (C=O) groups is 1. The first kappa shape index (κ1) is 23.0. The van der Waals surface area contributed by atoms with E-state index in [-0.39, 0.29) is 6.61 Å². The molecule has 33 heavy (non-hydrogen) atoms. The fourth-order valence-electron chi connectivity index (χ4n) is 4.22. The zero-order valence-corrected chi connectivity index (χ0v) is 19.1. The van der Waals surface area contributed by atoms with E-state index in [9.17, 15) is 4.79 Å². The molecule has 0 aliphatic carbocycles. The van der Waals surface area contributed by atoms with Crippen molar-refractivity contribution in [3.05, 3.63) is 101 Å².